The Morgan fingerprint density at radius 1 is 0.968 bits per heavy atom. The summed E-state index contributed by atoms with van der Waals surface area (Å²) in [7, 11) is 0. The van der Waals surface area contributed by atoms with E-state index in [2.05, 4.69) is 52.7 Å². The molecular formula is C26H30N2O3. The Balaban J connectivity index is 1.14. The van der Waals surface area contributed by atoms with E-state index in [0.717, 1.165) is 61.7 Å². The smallest absolute Gasteiger partial charge is 0.407 e. The number of benzene rings is 2. The summed E-state index contributed by atoms with van der Waals surface area (Å²) < 4.78 is 11.8. The number of ether oxygens (including phenoxy) is 2. The van der Waals surface area contributed by atoms with Gasteiger partial charge in [-0.15, -0.1) is 0 Å². The highest BCUT2D eigenvalue weighted by atomic mass is 16.6. The molecule has 1 amide bonds. The molecule has 5 heteroatoms. The minimum Gasteiger partial charge on any atom is -0.493 e. The van der Waals surface area contributed by atoms with E-state index in [1.165, 1.54) is 24.0 Å². The van der Waals surface area contributed by atoms with Gasteiger partial charge in [0.2, 0.25) is 0 Å². The Bertz CT molecular complexity index is 961. The Morgan fingerprint density at radius 2 is 1.74 bits per heavy atom. The minimum absolute atomic E-state index is 0.0304. The first kappa shape index (κ1) is 19.2. The van der Waals surface area contributed by atoms with Gasteiger partial charge < -0.3 is 14.8 Å². The van der Waals surface area contributed by atoms with Gasteiger partial charge in [0.1, 0.15) is 11.9 Å². The maximum atomic E-state index is 12.7. The average Bonchev–Trinajstić information content (AvgIpc) is 3.65. The van der Waals surface area contributed by atoms with E-state index in [1.54, 1.807) is 0 Å². The first-order chi connectivity index (χ1) is 15.2. The quantitative estimate of drug-likeness (QED) is 0.769. The van der Waals surface area contributed by atoms with Crippen LogP contribution in [0.25, 0.3) is 11.1 Å². The van der Waals surface area contributed by atoms with Gasteiger partial charge in [-0.2, -0.15) is 0 Å². The lowest BCUT2D eigenvalue weighted by molar-refractivity contribution is -0.0342. The molecule has 7 rings (SSSR count). The summed E-state index contributed by atoms with van der Waals surface area (Å²) in [6.07, 6.45) is 5.42. The van der Waals surface area contributed by atoms with Gasteiger partial charge in [0.15, 0.2) is 0 Å². The van der Waals surface area contributed by atoms with E-state index in [-0.39, 0.29) is 18.2 Å². The molecule has 3 saturated heterocycles. The third-order valence-corrected chi connectivity index (χ3v) is 7.49. The summed E-state index contributed by atoms with van der Waals surface area (Å²) in [6, 6.07) is 15.2. The topological polar surface area (TPSA) is 50.8 Å². The molecule has 4 fully saturated rings. The molecule has 2 aromatic carbocycles. The lowest BCUT2D eigenvalue weighted by atomic mass is 9.86. The first-order valence-electron chi connectivity index (χ1n) is 11.8. The van der Waals surface area contributed by atoms with Crippen LogP contribution in [-0.4, -0.2) is 43.3 Å². The Labute approximate surface area is 183 Å². The van der Waals surface area contributed by atoms with Gasteiger partial charge in [-0.05, 0) is 73.4 Å². The molecular weight excluding hydrogens is 388 g/mol. The highest BCUT2D eigenvalue weighted by Gasteiger charge is 2.37. The van der Waals surface area contributed by atoms with Crippen molar-refractivity contribution >= 4 is 6.09 Å². The summed E-state index contributed by atoms with van der Waals surface area (Å²) in [5.74, 6) is 2.16. The standard InChI is InChI=1S/C26H30N2O3/c29-26(31-25-16-28-12-9-20(25)10-13-28)27-23-11-14-30-24-15-21(7-8-22(23)24)19-5-3-18(4-6-19)17-1-2-17/h3-8,15,17,20,23,25H,1-2,9-14,16H2,(H,27,29)/t23?,25-/m1/s1. The van der Waals surface area contributed by atoms with Crippen LogP contribution < -0.4 is 10.1 Å². The predicted molar refractivity (Wildman–Crippen MR) is 119 cm³/mol. The molecule has 1 aliphatic carbocycles. The normalized spacial score (nSPS) is 29.0. The van der Waals surface area contributed by atoms with Crippen molar-refractivity contribution in [2.24, 2.45) is 5.92 Å². The van der Waals surface area contributed by atoms with Crippen LogP contribution in [0.5, 0.6) is 5.75 Å². The molecule has 2 atom stereocenters. The fourth-order valence-corrected chi connectivity index (χ4v) is 5.44. The molecule has 0 aromatic heterocycles. The zero-order chi connectivity index (χ0) is 20.8. The molecule has 1 saturated carbocycles. The molecule has 0 spiro atoms. The van der Waals surface area contributed by atoms with Crippen molar-refractivity contribution in [3.8, 4) is 16.9 Å². The molecule has 2 aromatic rings. The van der Waals surface area contributed by atoms with Crippen LogP contribution in [0.2, 0.25) is 0 Å². The number of nitrogens with zero attached hydrogens (tertiary/aromatic N) is 1. The van der Waals surface area contributed by atoms with Gasteiger partial charge in [0, 0.05) is 18.5 Å². The average molecular weight is 419 g/mol. The van der Waals surface area contributed by atoms with Crippen LogP contribution in [0.3, 0.4) is 0 Å². The van der Waals surface area contributed by atoms with Gasteiger partial charge in [0.05, 0.1) is 12.6 Å². The van der Waals surface area contributed by atoms with Crippen LogP contribution in [-0.2, 0) is 4.74 Å². The summed E-state index contributed by atoms with van der Waals surface area (Å²) in [5, 5.41) is 3.11. The number of piperidine rings is 3. The number of fused-ring (bicyclic) bond motifs is 4. The molecule has 0 radical (unpaired) electrons. The molecule has 4 heterocycles. The van der Waals surface area contributed by atoms with Crippen molar-refractivity contribution in [3.63, 3.8) is 0 Å². The van der Waals surface area contributed by atoms with Crippen LogP contribution >= 0.6 is 0 Å². The first-order valence-corrected chi connectivity index (χ1v) is 11.8. The lowest BCUT2D eigenvalue weighted by Gasteiger charge is -2.44. The van der Waals surface area contributed by atoms with Gasteiger partial charge in [-0.3, -0.25) is 4.90 Å². The fraction of sp³-hybridized carbons (Fsp3) is 0.500. The second-order valence-electron chi connectivity index (χ2n) is 9.56. The maximum absolute atomic E-state index is 12.7. The predicted octanol–water partition coefficient (Wildman–Crippen LogP) is 4.88. The zero-order valence-corrected chi connectivity index (χ0v) is 17.9. The molecule has 2 bridgehead atoms. The van der Waals surface area contributed by atoms with Crippen LogP contribution in [0, 0.1) is 5.92 Å². The van der Waals surface area contributed by atoms with Gasteiger partial charge in [-0.1, -0.05) is 36.4 Å². The molecule has 162 valence electrons. The zero-order valence-electron chi connectivity index (χ0n) is 17.9. The molecule has 5 nitrogen and oxygen atoms in total. The number of amides is 1. The van der Waals surface area contributed by atoms with Gasteiger partial charge >= 0.3 is 6.09 Å². The lowest BCUT2D eigenvalue weighted by Crippen LogP contribution is -2.52. The van der Waals surface area contributed by atoms with Crippen LogP contribution in [0.1, 0.15) is 55.2 Å². The summed E-state index contributed by atoms with van der Waals surface area (Å²) in [6.45, 7) is 3.77. The van der Waals surface area contributed by atoms with Gasteiger partial charge in [-0.25, -0.2) is 4.79 Å². The molecule has 1 unspecified atom stereocenters. The van der Waals surface area contributed by atoms with E-state index in [0.29, 0.717) is 12.5 Å². The van der Waals surface area contributed by atoms with Crippen molar-refractivity contribution in [2.45, 2.75) is 50.2 Å². The molecule has 5 aliphatic rings. The number of hydrogen-bond acceptors (Lipinski definition) is 4. The number of rotatable bonds is 4. The van der Waals surface area contributed by atoms with Crippen molar-refractivity contribution in [2.75, 3.05) is 26.2 Å². The largest absolute Gasteiger partial charge is 0.493 e. The number of hydrogen-bond donors (Lipinski definition) is 1. The van der Waals surface area contributed by atoms with Crippen molar-refractivity contribution < 1.29 is 14.3 Å². The number of carbonyl (C=O) groups is 1. The van der Waals surface area contributed by atoms with E-state index in [9.17, 15) is 4.79 Å². The fourth-order valence-electron chi connectivity index (χ4n) is 5.44. The van der Waals surface area contributed by atoms with E-state index < -0.39 is 0 Å². The highest BCUT2D eigenvalue weighted by Crippen LogP contribution is 2.41. The van der Waals surface area contributed by atoms with Crippen LogP contribution in [0.15, 0.2) is 42.5 Å². The van der Waals surface area contributed by atoms with Crippen molar-refractivity contribution in [3.05, 3.63) is 53.6 Å². The Hall–Kier alpha value is -2.53. The molecule has 1 N–H and O–H groups in total. The van der Waals surface area contributed by atoms with Gasteiger partial charge in [0.25, 0.3) is 0 Å². The van der Waals surface area contributed by atoms with E-state index in [4.69, 9.17) is 9.47 Å². The third-order valence-electron chi connectivity index (χ3n) is 7.49. The third kappa shape index (κ3) is 3.91. The molecule has 31 heavy (non-hydrogen) atoms. The second-order valence-corrected chi connectivity index (χ2v) is 9.56. The maximum Gasteiger partial charge on any atom is 0.407 e. The van der Waals surface area contributed by atoms with E-state index in [1.807, 2.05) is 0 Å². The number of alkyl carbamates (subject to hydrolysis) is 1. The van der Waals surface area contributed by atoms with E-state index >= 15 is 0 Å². The monoisotopic (exact) mass is 418 g/mol. The second kappa shape index (κ2) is 7.86. The Morgan fingerprint density at radius 3 is 2.45 bits per heavy atom. The number of carbonyl (C=O) groups excluding carboxylic acids is 1. The Kier molecular flexibility index (Phi) is 4.87. The SMILES string of the molecule is O=C(NC1CCOc2cc(-c3ccc(C4CC4)cc3)ccc21)O[C@@H]1CN2CCC1CC2. The highest BCUT2D eigenvalue weighted by molar-refractivity contribution is 5.70. The van der Waals surface area contributed by atoms with Crippen LogP contribution in [0.4, 0.5) is 4.79 Å². The van der Waals surface area contributed by atoms with Crippen molar-refractivity contribution in [1.29, 1.82) is 0 Å². The van der Waals surface area contributed by atoms with Crippen molar-refractivity contribution in [1.82, 2.24) is 10.2 Å². The summed E-state index contributed by atoms with van der Waals surface area (Å²) >= 11 is 0. The summed E-state index contributed by atoms with van der Waals surface area (Å²) in [4.78, 5) is 15.1. The summed E-state index contributed by atoms with van der Waals surface area (Å²) in [5.41, 5.74) is 4.84. The molecule has 4 aliphatic heterocycles. The minimum atomic E-state index is -0.295. The number of nitrogens with one attached hydrogen (secondary N) is 1.